The molecule has 30 heavy (non-hydrogen) atoms. The third-order valence-electron chi connectivity index (χ3n) is 4.74. The maximum atomic E-state index is 12.8. The van der Waals surface area contributed by atoms with Gasteiger partial charge < -0.3 is 10.1 Å². The summed E-state index contributed by atoms with van der Waals surface area (Å²) >= 11 is 7.09. The molecule has 0 bridgehead atoms. The quantitative estimate of drug-likeness (QED) is 0.636. The minimum atomic E-state index is -3.65. The second-order valence-electron chi connectivity index (χ2n) is 6.80. The van der Waals surface area contributed by atoms with Gasteiger partial charge in [-0.3, -0.25) is 18.5 Å². The predicted octanol–water partition coefficient (Wildman–Crippen LogP) is 2.90. The highest BCUT2D eigenvalue weighted by Crippen LogP contribution is 2.37. The molecule has 1 amide bonds. The van der Waals surface area contributed by atoms with Crippen LogP contribution in [-0.4, -0.2) is 37.8 Å². The lowest BCUT2D eigenvalue weighted by Crippen LogP contribution is -2.48. The lowest BCUT2D eigenvalue weighted by Gasteiger charge is -2.34. The van der Waals surface area contributed by atoms with Gasteiger partial charge >= 0.3 is 4.87 Å². The van der Waals surface area contributed by atoms with Crippen LogP contribution in [-0.2, 0) is 21.4 Å². The summed E-state index contributed by atoms with van der Waals surface area (Å²) < 4.78 is 33.8. The fourth-order valence-electron chi connectivity index (χ4n) is 3.34. The summed E-state index contributed by atoms with van der Waals surface area (Å²) in [6.45, 7) is 2.27. The molecule has 0 aliphatic carbocycles. The first-order chi connectivity index (χ1) is 14.2. The third kappa shape index (κ3) is 3.78. The van der Waals surface area contributed by atoms with Crippen molar-refractivity contribution in [3.63, 3.8) is 0 Å². The molecule has 0 saturated heterocycles. The van der Waals surface area contributed by atoms with Gasteiger partial charge in [-0.05, 0) is 43.3 Å². The van der Waals surface area contributed by atoms with Crippen molar-refractivity contribution in [1.29, 1.82) is 0 Å². The van der Waals surface area contributed by atoms with E-state index in [9.17, 15) is 18.0 Å². The Morgan fingerprint density at radius 3 is 2.77 bits per heavy atom. The maximum absolute atomic E-state index is 12.8. The zero-order valence-electron chi connectivity index (χ0n) is 16.1. The smallest absolute Gasteiger partial charge is 0.308 e. The predicted molar refractivity (Wildman–Crippen MR) is 118 cm³/mol. The number of benzene rings is 2. The van der Waals surface area contributed by atoms with Crippen LogP contribution >= 0.6 is 22.9 Å². The second kappa shape index (κ2) is 7.60. The molecule has 2 aromatic carbocycles. The molecule has 0 unspecified atom stereocenters. The van der Waals surface area contributed by atoms with Gasteiger partial charge in [-0.25, -0.2) is 8.42 Å². The van der Waals surface area contributed by atoms with Crippen molar-refractivity contribution in [1.82, 2.24) is 4.57 Å². The number of fused-ring (bicyclic) bond motifs is 2. The fraction of sp³-hybridized carbons (Fsp3) is 0.263. The van der Waals surface area contributed by atoms with Gasteiger partial charge in [0.05, 0.1) is 28.7 Å². The van der Waals surface area contributed by atoms with Crippen molar-refractivity contribution < 1.29 is 17.9 Å². The van der Waals surface area contributed by atoms with E-state index in [2.05, 4.69) is 5.32 Å². The minimum absolute atomic E-state index is 0.0642. The van der Waals surface area contributed by atoms with Crippen molar-refractivity contribution >= 4 is 60.5 Å². The molecule has 0 fully saturated rings. The van der Waals surface area contributed by atoms with Crippen molar-refractivity contribution in [2.45, 2.75) is 19.6 Å². The van der Waals surface area contributed by atoms with E-state index in [0.717, 1.165) is 32.1 Å². The molecular formula is C19H18ClN3O5S2. The third-order valence-corrected chi connectivity index (χ3v) is 7.06. The van der Waals surface area contributed by atoms with Gasteiger partial charge in [0.1, 0.15) is 5.75 Å². The largest absolute Gasteiger partial charge is 0.476 e. The molecular weight excluding hydrogens is 450 g/mol. The van der Waals surface area contributed by atoms with E-state index < -0.39 is 22.0 Å². The summed E-state index contributed by atoms with van der Waals surface area (Å²) in [5.74, 6) is -0.240. The Hall–Kier alpha value is -2.56. The number of aromatic nitrogens is 1. The molecule has 0 saturated carbocycles. The number of carbonyl (C=O) groups excluding carboxylic acids is 1. The molecule has 11 heteroatoms. The molecule has 0 spiro atoms. The SMILES string of the molecule is CCn1c(=O)sc2cc(NC(=O)[C@H]3CN(S(C)(=O)=O)c4cc(Cl)ccc4O3)ccc21. The molecule has 3 aromatic rings. The van der Waals surface area contributed by atoms with Gasteiger partial charge in [-0.15, -0.1) is 0 Å². The maximum Gasteiger partial charge on any atom is 0.308 e. The summed E-state index contributed by atoms with van der Waals surface area (Å²) in [5, 5.41) is 3.11. The van der Waals surface area contributed by atoms with Gasteiger partial charge in [0.15, 0.2) is 6.10 Å². The van der Waals surface area contributed by atoms with Crippen LogP contribution in [0, 0.1) is 0 Å². The van der Waals surface area contributed by atoms with E-state index in [1.54, 1.807) is 28.8 Å². The average molecular weight is 468 g/mol. The number of halogens is 1. The van der Waals surface area contributed by atoms with Gasteiger partial charge in [-0.1, -0.05) is 22.9 Å². The van der Waals surface area contributed by atoms with Crippen LogP contribution in [0.4, 0.5) is 11.4 Å². The highest BCUT2D eigenvalue weighted by atomic mass is 35.5. The van der Waals surface area contributed by atoms with Gasteiger partial charge in [-0.2, -0.15) is 0 Å². The van der Waals surface area contributed by atoms with Crippen LogP contribution < -0.4 is 19.2 Å². The standard InChI is InChI=1S/C19H18ClN3O5S2/c1-3-22-13-6-5-12(9-17(13)29-19(22)25)21-18(24)16-10-23(30(2,26)27)14-8-11(20)4-7-15(14)28-16/h4-9,16H,3,10H2,1-2H3,(H,21,24)/t16-/m1/s1. The molecule has 1 aromatic heterocycles. The van der Waals surface area contributed by atoms with Crippen LogP contribution in [0.2, 0.25) is 5.02 Å². The first-order valence-electron chi connectivity index (χ1n) is 9.05. The van der Waals surface area contributed by atoms with Gasteiger partial charge in [0, 0.05) is 17.3 Å². The highest BCUT2D eigenvalue weighted by Gasteiger charge is 2.35. The number of carbonyl (C=O) groups is 1. The van der Waals surface area contributed by atoms with Gasteiger partial charge in [0.2, 0.25) is 10.0 Å². The highest BCUT2D eigenvalue weighted by molar-refractivity contribution is 7.92. The lowest BCUT2D eigenvalue weighted by molar-refractivity contribution is -0.122. The monoisotopic (exact) mass is 467 g/mol. The first-order valence-corrected chi connectivity index (χ1v) is 12.1. The topological polar surface area (TPSA) is 97.7 Å². The number of hydrogen-bond donors (Lipinski definition) is 1. The van der Waals surface area contributed by atoms with Crippen molar-refractivity contribution in [3.8, 4) is 5.75 Å². The van der Waals surface area contributed by atoms with E-state index >= 15 is 0 Å². The molecule has 1 aliphatic heterocycles. The van der Waals surface area contributed by atoms with E-state index in [1.807, 2.05) is 6.92 Å². The van der Waals surface area contributed by atoms with Crippen LogP contribution in [0.5, 0.6) is 5.75 Å². The fourth-order valence-corrected chi connectivity index (χ4v) is 5.41. The number of anilines is 2. The van der Waals surface area contributed by atoms with E-state index in [4.69, 9.17) is 16.3 Å². The first kappa shape index (κ1) is 20.7. The lowest BCUT2D eigenvalue weighted by atomic mass is 10.2. The minimum Gasteiger partial charge on any atom is -0.476 e. The van der Waals surface area contributed by atoms with Crippen LogP contribution in [0.3, 0.4) is 0 Å². The molecule has 1 atom stereocenters. The Morgan fingerprint density at radius 2 is 2.07 bits per heavy atom. The molecule has 1 N–H and O–H groups in total. The van der Waals surface area contributed by atoms with Crippen LogP contribution in [0.1, 0.15) is 6.92 Å². The Kier molecular flexibility index (Phi) is 5.25. The zero-order chi connectivity index (χ0) is 21.6. The second-order valence-corrected chi connectivity index (χ2v) is 10.1. The van der Waals surface area contributed by atoms with Crippen molar-refractivity contribution in [3.05, 3.63) is 51.1 Å². The number of rotatable bonds is 4. The molecule has 0 radical (unpaired) electrons. The van der Waals surface area contributed by atoms with Crippen molar-refractivity contribution in [2.75, 3.05) is 22.4 Å². The number of amides is 1. The summed E-state index contributed by atoms with van der Waals surface area (Å²) in [6, 6.07) is 9.77. The van der Waals surface area contributed by atoms with E-state index in [-0.39, 0.29) is 17.2 Å². The number of ether oxygens (including phenoxy) is 1. The molecule has 1 aliphatic rings. The van der Waals surface area contributed by atoms with Crippen molar-refractivity contribution in [2.24, 2.45) is 0 Å². The molecule has 158 valence electrons. The Bertz CT molecular complexity index is 1320. The number of thiazole rings is 1. The number of nitrogens with one attached hydrogen (secondary N) is 1. The van der Waals surface area contributed by atoms with E-state index in [0.29, 0.717) is 22.9 Å². The van der Waals surface area contributed by atoms with Crippen LogP contribution in [0.25, 0.3) is 10.2 Å². The number of sulfonamides is 1. The van der Waals surface area contributed by atoms with Crippen LogP contribution in [0.15, 0.2) is 41.2 Å². The summed E-state index contributed by atoms with van der Waals surface area (Å²) in [7, 11) is -3.65. The summed E-state index contributed by atoms with van der Waals surface area (Å²) in [5.41, 5.74) is 1.59. The zero-order valence-corrected chi connectivity index (χ0v) is 18.5. The normalized spacial score (nSPS) is 16.2. The molecule has 2 heterocycles. The Labute approximate surface area is 181 Å². The number of hydrogen-bond acceptors (Lipinski definition) is 6. The summed E-state index contributed by atoms with van der Waals surface area (Å²) in [4.78, 5) is 24.8. The molecule has 8 nitrogen and oxygen atoms in total. The Balaban J connectivity index is 1.61. The summed E-state index contributed by atoms with van der Waals surface area (Å²) in [6.07, 6.45) is 0.00899. The average Bonchev–Trinajstić information content (AvgIpc) is 3.00. The van der Waals surface area contributed by atoms with Gasteiger partial charge in [0.25, 0.3) is 5.91 Å². The number of aryl methyl sites for hydroxylation is 1. The number of nitrogens with zero attached hydrogens (tertiary/aromatic N) is 2. The van der Waals surface area contributed by atoms with E-state index in [1.165, 1.54) is 12.1 Å². The Morgan fingerprint density at radius 1 is 1.30 bits per heavy atom. The molecule has 4 rings (SSSR count).